The number of aliphatic hydroxyl groups is 1. The summed E-state index contributed by atoms with van der Waals surface area (Å²) in [7, 11) is 0. The molecule has 7 rings (SSSR count). The number of pyridine rings is 2. The zero-order valence-electron chi connectivity index (χ0n) is 23.0. The van der Waals surface area contributed by atoms with E-state index in [0.717, 1.165) is 35.6 Å². The average molecular weight is 558 g/mol. The molecule has 41 heavy (non-hydrogen) atoms. The highest BCUT2D eigenvalue weighted by Gasteiger charge is 2.44. The van der Waals surface area contributed by atoms with Gasteiger partial charge in [-0.3, -0.25) is 14.1 Å². The van der Waals surface area contributed by atoms with E-state index in [1.54, 1.807) is 12.4 Å². The first kappa shape index (κ1) is 25.9. The van der Waals surface area contributed by atoms with Crippen LogP contribution in [0.2, 0.25) is 0 Å². The Bertz CT molecular complexity index is 1630. The number of halogens is 1. The summed E-state index contributed by atoms with van der Waals surface area (Å²) in [5.74, 6) is 0.130. The number of carbonyl (C=O) groups excluding carboxylic acids is 1. The van der Waals surface area contributed by atoms with Crippen LogP contribution in [0.5, 0.6) is 0 Å². The number of likely N-dealkylation sites (tertiary alicyclic amines) is 1. The molecule has 3 aromatic heterocycles. The Balaban J connectivity index is 1.11. The van der Waals surface area contributed by atoms with Crippen LogP contribution in [0.3, 0.4) is 0 Å². The number of ether oxygens (including phenoxy) is 1. The number of hydrogen-bond donors (Lipinski definition) is 3. The first-order valence-electron chi connectivity index (χ1n) is 13.9. The summed E-state index contributed by atoms with van der Waals surface area (Å²) >= 11 is 0. The molecular weight excluding hydrogens is 525 g/mol. The summed E-state index contributed by atoms with van der Waals surface area (Å²) in [5, 5.41) is 16.0. The van der Waals surface area contributed by atoms with Crippen LogP contribution in [0.15, 0.2) is 55.0 Å². The summed E-state index contributed by atoms with van der Waals surface area (Å²) in [5.41, 5.74) is 5.09. The maximum Gasteiger partial charge on any atom is 0.254 e. The normalized spacial score (nSPS) is 19.8. The molecule has 10 nitrogen and oxygen atoms in total. The summed E-state index contributed by atoms with van der Waals surface area (Å²) in [4.78, 5) is 26.4. The maximum absolute atomic E-state index is 13.7. The first-order valence-corrected chi connectivity index (χ1v) is 13.9. The van der Waals surface area contributed by atoms with Gasteiger partial charge in [-0.2, -0.15) is 0 Å². The molecule has 6 heterocycles. The molecule has 1 aromatic carbocycles. The molecule has 0 saturated carbocycles. The van der Waals surface area contributed by atoms with Gasteiger partial charge in [0.1, 0.15) is 17.3 Å². The van der Waals surface area contributed by atoms with Crippen LogP contribution in [-0.2, 0) is 11.3 Å². The minimum absolute atomic E-state index is 0.00750. The number of anilines is 3. The molecule has 0 radical (unpaired) electrons. The van der Waals surface area contributed by atoms with Gasteiger partial charge in [-0.05, 0) is 43.7 Å². The molecule has 2 fully saturated rings. The smallest absolute Gasteiger partial charge is 0.254 e. The Hall–Kier alpha value is -4.06. The highest BCUT2D eigenvalue weighted by molar-refractivity contribution is 6.06. The summed E-state index contributed by atoms with van der Waals surface area (Å²) in [6.07, 6.45) is 4.95. The molecule has 2 saturated heterocycles. The molecule has 1 atom stereocenters. The monoisotopic (exact) mass is 557 g/mol. The van der Waals surface area contributed by atoms with Crippen molar-refractivity contribution in [1.82, 2.24) is 24.6 Å². The van der Waals surface area contributed by atoms with Crippen LogP contribution in [-0.4, -0.2) is 80.8 Å². The number of fused-ring (bicyclic) bond motifs is 2. The van der Waals surface area contributed by atoms with E-state index in [9.17, 15) is 14.3 Å². The predicted octanol–water partition coefficient (Wildman–Crippen LogP) is 3.18. The molecule has 3 aliphatic heterocycles. The van der Waals surface area contributed by atoms with Crippen molar-refractivity contribution in [3.8, 4) is 11.3 Å². The number of nitrogens with one attached hydrogen (secondary N) is 2. The highest BCUT2D eigenvalue weighted by Crippen LogP contribution is 2.36. The summed E-state index contributed by atoms with van der Waals surface area (Å²) in [6, 6.07) is 10.6. The number of hydrogen-bond acceptors (Lipinski definition) is 8. The molecule has 212 valence electrons. The number of carbonyl (C=O) groups is 1. The molecule has 0 spiro atoms. The van der Waals surface area contributed by atoms with E-state index in [-0.39, 0.29) is 29.5 Å². The van der Waals surface area contributed by atoms with Crippen molar-refractivity contribution in [3.63, 3.8) is 0 Å². The van der Waals surface area contributed by atoms with Crippen LogP contribution in [0, 0.1) is 5.82 Å². The summed E-state index contributed by atoms with van der Waals surface area (Å²) < 4.78 is 21.7. The van der Waals surface area contributed by atoms with Crippen LogP contribution in [0.4, 0.5) is 21.6 Å². The van der Waals surface area contributed by atoms with Gasteiger partial charge < -0.3 is 25.4 Å². The minimum atomic E-state index is -0.348. The fraction of sp³-hybridized carbons (Fsp3) is 0.367. The molecule has 0 aliphatic carbocycles. The van der Waals surface area contributed by atoms with E-state index in [1.807, 2.05) is 34.9 Å². The second-order valence-electron chi connectivity index (χ2n) is 11.5. The number of aromatic nitrogens is 3. The number of nitrogens with zero attached hydrogens (tertiary/aromatic N) is 5. The van der Waals surface area contributed by atoms with E-state index in [0.29, 0.717) is 49.0 Å². The Morgan fingerprint density at radius 2 is 1.98 bits per heavy atom. The second kappa shape index (κ2) is 9.79. The lowest BCUT2D eigenvalue weighted by Gasteiger charge is -2.52. The van der Waals surface area contributed by atoms with Gasteiger partial charge in [-0.25, -0.2) is 14.4 Å². The van der Waals surface area contributed by atoms with Gasteiger partial charge in [0, 0.05) is 56.1 Å². The molecular formula is C30H32FN7O3. The second-order valence-corrected chi connectivity index (χ2v) is 11.5. The van der Waals surface area contributed by atoms with Gasteiger partial charge in [-0.1, -0.05) is 6.07 Å². The predicted molar refractivity (Wildman–Crippen MR) is 153 cm³/mol. The molecule has 11 heteroatoms. The third kappa shape index (κ3) is 4.50. The average Bonchev–Trinajstić information content (AvgIpc) is 3.55. The Labute approximate surface area is 236 Å². The van der Waals surface area contributed by atoms with Gasteiger partial charge in [0.25, 0.3) is 5.91 Å². The van der Waals surface area contributed by atoms with Crippen molar-refractivity contribution in [3.05, 3.63) is 71.9 Å². The molecule has 3 aliphatic rings. The van der Waals surface area contributed by atoms with Gasteiger partial charge >= 0.3 is 0 Å². The Morgan fingerprint density at radius 3 is 2.76 bits per heavy atom. The van der Waals surface area contributed by atoms with E-state index >= 15 is 0 Å². The van der Waals surface area contributed by atoms with Crippen molar-refractivity contribution in [1.29, 1.82) is 0 Å². The number of morpholine rings is 1. The van der Waals surface area contributed by atoms with Crippen LogP contribution >= 0.6 is 0 Å². The number of amides is 1. The fourth-order valence-corrected chi connectivity index (χ4v) is 6.07. The zero-order chi connectivity index (χ0) is 28.3. The Morgan fingerprint density at radius 1 is 1.12 bits per heavy atom. The van der Waals surface area contributed by atoms with E-state index in [1.165, 1.54) is 12.1 Å². The van der Waals surface area contributed by atoms with Gasteiger partial charge in [0.2, 0.25) is 0 Å². The van der Waals surface area contributed by atoms with E-state index < -0.39 is 0 Å². The topological polar surface area (TPSA) is 107 Å². The third-order valence-electron chi connectivity index (χ3n) is 8.62. The van der Waals surface area contributed by atoms with Crippen molar-refractivity contribution < 1.29 is 19.0 Å². The maximum atomic E-state index is 13.7. The van der Waals surface area contributed by atoms with Gasteiger partial charge in [-0.15, -0.1) is 0 Å². The fourth-order valence-electron chi connectivity index (χ4n) is 6.07. The largest absolute Gasteiger partial charge is 0.390 e. The third-order valence-corrected chi connectivity index (χ3v) is 8.62. The zero-order valence-corrected chi connectivity index (χ0v) is 23.0. The molecule has 4 aromatic rings. The van der Waals surface area contributed by atoms with E-state index in [2.05, 4.69) is 44.2 Å². The number of rotatable bonds is 6. The van der Waals surface area contributed by atoms with E-state index in [4.69, 9.17) is 4.74 Å². The highest BCUT2D eigenvalue weighted by atomic mass is 19.1. The number of aliphatic hydroxyl groups excluding tert-OH is 1. The van der Waals surface area contributed by atoms with Crippen molar-refractivity contribution in [2.24, 2.45) is 0 Å². The van der Waals surface area contributed by atoms with Crippen molar-refractivity contribution >= 4 is 28.7 Å². The van der Waals surface area contributed by atoms with Gasteiger partial charge in [0.15, 0.2) is 0 Å². The van der Waals surface area contributed by atoms with Crippen LogP contribution in [0.25, 0.3) is 16.9 Å². The molecule has 3 N–H and O–H groups in total. The van der Waals surface area contributed by atoms with Crippen LogP contribution in [0.1, 0.15) is 29.8 Å². The lowest BCUT2D eigenvalue weighted by molar-refractivity contribution is -0.121. The number of imidazole rings is 1. The number of benzene rings is 1. The Kier molecular flexibility index (Phi) is 6.18. The molecule has 0 unspecified atom stereocenters. The summed E-state index contributed by atoms with van der Waals surface area (Å²) in [6.45, 7) is 8.23. The molecule has 0 bridgehead atoms. The standard InChI is InChI=1S/C30H32FN7O3/c1-30(2,37-15-20(39)16-37)25-17-36(9-10-41-25)19-3-6-26(32-12-19)35-23-5-4-21(22-13-34-29(40)28(22)23)24-14-33-27-11-18(31)7-8-38(24)27/h3-8,11-12,14,20,25,39H,9-10,13,15-17H2,1-2H3,(H,32,35)(H,34,40)/t25-/m0/s1. The first-order chi connectivity index (χ1) is 19.8. The lowest BCUT2D eigenvalue weighted by Crippen LogP contribution is -2.67. The van der Waals surface area contributed by atoms with Gasteiger partial charge in [0.05, 0.1) is 53.8 Å². The van der Waals surface area contributed by atoms with Crippen LogP contribution < -0.4 is 15.5 Å². The molecule has 1 amide bonds. The lowest BCUT2D eigenvalue weighted by atomic mass is 9.89. The number of β-amino-alcohol motifs (C(OH)–C–C–N with tert-alkyl or cyclic N) is 1. The quantitative estimate of drug-likeness (QED) is 0.332. The van der Waals surface area contributed by atoms with Crippen molar-refractivity contribution in [2.45, 2.75) is 38.1 Å². The SMILES string of the molecule is CC(C)([C@@H]1CN(c2ccc(Nc3ccc(-c4cnc5cc(F)ccn45)c4c3C(=O)NC4)nc2)CCO1)N1CC(O)C1. The minimum Gasteiger partial charge on any atom is -0.390 e. The van der Waals surface area contributed by atoms with Crippen molar-refractivity contribution in [2.75, 3.05) is 43.0 Å².